The maximum atomic E-state index is 5.81. The van der Waals surface area contributed by atoms with Gasteiger partial charge in [-0.25, -0.2) is 5.84 Å². The Bertz CT molecular complexity index is 526. The fourth-order valence-electron chi connectivity index (χ4n) is 1.72. The quantitative estimate of drug-likeness (QED) is 0.639. The molecule has 0 saturated heterocycles. The molecule has 0 saturated carbocycles. The number of nitrogens with one attached hydrogen (secondary N) is 1. The summed E-state index contributed by atoms with van der Waals surface area (Å²) in [6.07, 6.45) is 0. The summed E-state index contributed by atoms with van der Waals surface area (Å²) in [5.74, 6) is 7.65. The largest absolute Gasteiger partial charge is 0.439 e. The molecule has 0 aliphatic heterocycles. The molecule has 0 radical (unpaired) electrons. The first kappa shape index (κ1) is 12.4. The van der Waals surface area contributed by atoms with Gasteiger partial charge in [-0.1, -0.05) is 38.1 Å². The lowest BCUT2D eigenvalue weighted by Gasteiger charge is -2.13. The topological polar surface area (TPSA) is 60.2 Å². The summed E-state index contributed by atoms with van der Waals surface area (Å²) in [5.41, 5.74) is 3.66. The number of nitrogens with two attached hydrogens (primary N) is 1. The van der Waals surface area contributed by atoms with Crippen LogP contribution in [0.3, 0.4) is 0 Å². The van der Waals surface area contributed by atoms with Crippen molar-refractivity contribution in [3.63, 3.8) is 0 Å². The number of para-hydroxylation sites is 1. The summed E-state index contributed by atoms with van der Waals surface area (Å²) in [6.45, 7) is 4.26. The van der Waals surface area contributed by atoms with Crippen LogP contribution in [0.4, 0.5) is 5.82 Å². The Hall–Kier alpha value is -2.07. The van der Waals surface area contributed by atoms with Gasteiger partial charge in [0.2, 0.25) is 5.88 Å². The number of hydrazine groups is 1. The Morgan fingerprint density at radius 2 is 1.89 bits per heavy atom. The van der Waals surface area contributed by atoms with Crippen molar-refractivity contribution in [2.24, 2.45) is 5.84 Å². The van der Waals surface area contributed by atoms with Gasteiger partial charge in [-0.2, -0.15) is 4.98 Å². The monoisotopic (exact) mass is 243 g/mol. The minimum Gasteiger partial charge on any atom is -0.439 e. The molecule has 4 heteroatoms. The second kappa shape index (κ2) is 5.51. The van der Waals surface area contributed by atoms with Crippen molar-refractivity contribution in [1.82, 2.24) is 4.98 Å². The molecule has 1 aromatic carbocycles. The number of anilines is 1. The van der Waals surface area contributed by atoms with E-state index in [-0.39, 0.29) is 0 Å². The van der Waals surface area contributed by atoms with Gasteiger partial charge in [-0.15, -0.1) is 0 Å². The van der Waals surface area contributed by atoms with E-state index >= 15 is 0 Å². The van der Waals surface area contributed by atoms with Crippen LogP contribution in [-0.2, 0) is 0 Å². The highest BCUT2D eigenvalue weighted by atomic mass is 16.5. The van der Waals surface area contributed by atoms with E-state index in [0.717, 1.165) is 11.3 Å². The van der Waals surface area contributed by atoms with Crippen LogP contribution >= 0.6 is 0 Å². The van der Waals surface area contributed by atoms with Crippen LogP contribution in [0, 0.1) is 0 Å². The summed E-state index contributed by atoms with van der Waals surface area (Å²) >= 11 is 0. The van der Waals surface area contributed by atoms with Gasteiger partial charge in [-0.05, 0) is 23.6 Å². The highest BCUT2D eigenvalue weighted by Gasteiger charge is 2.08. The van der Waals surface area contributed by atoms with Gasteiger partial charge in [-0.3, -0.25) is 0 Å². The number of nitrogens with zero attached hydrogens (tertiary/aromatic N) is 1. The van der Waals surface area contributed by atoms with Crippen molar-refractivity contribution in [3.8, 4) is 11.6 Å². The Morgan fingerprint density at radius 3 is 2.61 bits per heavy atom. The SMILES string of the molecule is CC(C)c1ccccc1Oc1cccc(NN)n1. The van der Waals surface area contributed by atoms with E-state index in [1.54, 1.807) is 12.1 Å². The molecule has 2 aromatic rings. The second-order valence-corrected chi connectivity index (χ2v) is 4.30. The number of pyridine rings is 1. The average molecular weight is 243 g/mol. The van der Waals surface area contributed by atoms with Crippen molar-refractivity contribution < 1.29 is 4.74 Å². The maximum absolute atomic E-state index is 5.81. The molecule has 3 N–H and O–H groups in total. The van der Waals surface area contributed by atoms with Crippen molar-refractivity contribution in [1.29, 1.82) is 0 Å². The van der Waals surface area contributed by atoms with Crippen molar-refractivity contribution in [3.05, 3.63) is 48.0 Å². The van der Waals surface area contributed by atoms with Crippen LogP contribution in [0.15, 0.2) is 42.5 Å². The van der Waals surface area contributed by atoms with E-state index in [4.69, 9.17) is 10.6 Å². The molecule has 0 amide bonds. The van der Waals surface area contributed by atoms with Gasteiger partial charge in [0.15, 0.2) is 0 Å². The number of ether oxygens (including phenoxy) is 1. The van der Waals surface area contributed by atoms with Crippen molar-refractivity contribution in [2.75, 3.05) is 5.43 Å². The molecule has 1 aromatic heterocycles. The molecular formula is C14H17N3O. The average Bonchev–Trinajstić information content (AvgIpc) is 2.39. The van der Waals surface area contributed by atoms with E-state index in [1.165, 1.54) is 0 Å². The number of rotatable bonds is 4. The predicted octanol–water partition coefficient (Wildman–Crippen LogP) is 3.28. The molecule has 94 valence electrons. The number of aromatic nitrogens is 1. The van der Waals surface area contributed by atoms with Crippen LogP contribution in [0.1, 0.15) is 25.3 Å². The normalized spacial score (nSPS) is 10.4. The molecule has 0 bridgehead atoms. The summed E-state index contributed by atoms with van der Waals surface area (Å²) in [7, 11) is 0. The minimum absolute atomic E-state index is 0.400. The van der Waals surface area contributed by atoms with Gasteiger partial charge in [0.25, 0.3) is 0 Å². The second-order valence-electron chi connectivity index (χ2n) is 4.30. The van der Waals surface area contributed by atoms with E-state index < -0.39 is 0 Å². The predicted molar refractivity (Wildman–Crippen MR) is 72.7 cm³/mol. The smallest absolute Gasteiger partial charge is 0.221 e. The van der Waals surface area contributed by atoms with Crippen LogP contribution in [-0.4, -0.2) is 4.98 Å². The van der Waals surface area contributed by atoms with E-state index in [1.807, 2.05) is 24.3 Å². The fraction of sp³-hybridized carbons (Fsp3) is 0.214. The highest BCUT2D eigenvalue weighted by molar-refractivity contribution is 5.40. The Balaban J connectivity index is 2.28. The van der Waals surface area contributed by atoms with Crippen LogP contribution in [0.25, 0.3) is 0 Å². The third-order valence-corrected chi connectivity index (χ3v) is 2.63. The zero-order valence-electron chi connectivity index (χ0n) is 10.6. The van der Waals surface area contributed by atoms with Gasteiger partial charge in [0.1, 0.15) is 11.6 Å². The van der Waals surface area contributed by atoms with E-state index in [2.05, 4.69) is 30.3 Å². The number of hydrogen-bond acceptors (Lipinski definition) is 4. The van der Waals surface area contributed by atoms with Crippen LogP contribution < -0.4 is 16.0 Å². The first-order valence-corrected chi connectivity index (χ1v) is 5.91. The Morgan fingerprint density at radius 1 is 1.11 bits per heavy atom. The lowest BCUT2D eigenvalue weighted by Crippen LogP contribution is -2.08. The molecule has 0 spiro atoms. The summed E-state index contributed by atoms with van der Waals surface area (Å²) < 4.78 is 5.81. The zero-order valence-corrected chi connectivity index (χ0v) is 10.6. The highest BCUT2D eigenvalue weighted by Crippen LogP contribution is 2.29. The van der Waals surface area contributed by atoms with Gasteiger partial charge in [0, 0.05) is 6.07 Å². The lowest BCUT2D eigenvalue weighted by molar-refractivity contribution is 0.455. The summed E-state index contributed by atoms with van der Waals surface area (Å²) in [6, 6.07) is 13.4. The fourth-order valence-corrected chi connectivity index (χ4v) is 1.72. The Labute approximate surface area is 107 Å². The summed E-state index contributed by atoms with van der Waals surface area (Å²) in [5, 5.41) is 0. The molecule has 0 aliphatic rings. The first-order valence-electron chi connectivity index (χ1n) is 5.91. The third kappa shape index (κ3) is 2.78. The maximum Gasteiger partial charge on any atom is 0.221 e. The van der Waals surface area contributed by atoms with Gasteiger partial charge < -0.3 is 10.2 Å². The molecule has 0 fully saturated rings. The van der Waals surface area contributed by atoms with Gasteiger partial charge in [0.05, 0.1) is 0 Å². The van der Waals surface area contributed by atoms with Gasteiger partial charge >= 0.3 is 0 Å². The van der Waals surface area contributed by atoms with E-state index in [0.29, 0.717) is 17.6 Å². The van der Waals surface area contributed by atoms with E-state index in [9.17, 15) is 0 Å². The number of hydrogen-bond donors (Lipinski definition) is 2. The molecule has 18 heavy (non-hydrogen) atoms. The molecule has 0 atom stereocenters. The first-order chi connectivity index (χ1) is 8.70. The molecule has 4 nitrogen and oxygen atoms in total. The molecule has 2 rings (SSSR count). The Kier molecular flexibility index (Phi) is 3.79. The van der Waals surface area contributed by atoms with Crippen molar-refractivity contribution in [2.45, 2.75) is 19.8 Å². The lowest BCUT2D eigenvalue weighted by atomic mass is 10.0. The van der Waals surface area contributed by atoms with Crippen molar-refractivity contribution >= 4 is 5.82 Å². The standard InChI is InChI=1S/C14H17N3O/c1-10(2)11-6-3-4-7-12(11)18-14-9-5-8-13(16-14)17-15/h3-10H,15H2,1-2H3,(H,16,17). The summed E-state index contributed by atoms with van der Waals surface area (Å²) in [4.78, 5) is 4.23. The third-order valence-electron chi connectivity index (χ3n) is 2.63. The molecule has 0 aliphatic carbocycles. The molecule has 1 heterocycles. The molecule has 0 unspecified atom stereocenters. The number of nitrogen functional groups attached to an aromatic ring is 1. The zero-order chi connectivity index (χ0) is 13.0. The number of benzene rings is 1. The molecular weight excluding hydrogens is 226 g/mol. The minimum atomic E-state index is 0.400. The van der Waals surface area contributed by atoms with Crippen LogP contribution in [0.2, 0.25) is 0 Å². The van der Waals surface area contributed by atoms with Crippen LogP contribution in [0.5, 0.6) is 11.6 Å².